The van der Waals surface area contributed by atoms with Gasteiger partial charge in [-0.25, -0.2) is 0 Å². The van der Waals surface area contributed by atoms with Gasteiger partial charge in [0.2, 0.25) is 11.8 Å². The lowest BCUT2D eigenvalue weighted by Crippen LogP contribution is -2.38. The van der Waals surface area contributed by atoms with E-state index >= 15 is 0 Å². The molecule has 4 rings (SSSR count). The quantitative estimate of drug-likeness (QED) is 0.766. The van der Waals surface area contributed by atoms with Gasteiger partial charge in [0.05, 0.1) is 18.6 Å². The predicted molar refractivity (Wildman–Crippen MR) is 112 cm³/mol. The maximum absolute atomic E-state index is 12.8. The molecule has 8 nitrogen and oxygen atoms in total. The Morgan fingerprint density at radius 3 is 2.63 bits per heavy atom. The molecule has 1 saturated carbocycles. The zero-order valence-electron chi connectivity index (χ0n) is 18.3. The van der Waals surface area contributed by atoms with E-state index in [1.54, 1.807) is 0 Å². The Morgan fingerprint density at radius 1 is 1.13 bits per heavy atom. The van der Waals surface area contributed by atoms with Gasteiger partial charge >= 0.3 is 0 Å². The molecule has 0 aromatic carbocycles. The van der Waals surface area contributed by atoms with E-state index in [1.165, 1.54) is 25.7 Å². The first kappa shape index (κ1) is 21.3. The van der Waals surface area contributed by atoms with E-state index in [0.717, 1.165) is 18.1 Å². The highest BCUT2D eigenvalue weighted by Gasteiger charge is 2.32. The summed E-state index contributed by atoms with van der Waals surface area (Å²) in [4.78, 5) is 27.5. The first-order valence-electron chi connectivity index (χ1n) is 11.6. The third-order valence-corrected chi connectivity index (χ3v) is 6.89. The Balaban J connectivity index is 1.42. The van der Waals surface area contributed by atoms with Gasteiger partial charge in [-0.3, -0.25) is 9.59 Å². The average Bonchev–Trinajstić information content (AvgIpc) is 3.47. The molecule has 2 fully saturated rings. The molecule has 1 saturated heterocycles. The number of carbonyl (C=O) groups excluding carboxylic acids is 2. The van der Waals surface area contributed by atoms with Gasteiger partial charge < -0.3 is 19.5 Å². The highest BCUT2D eigenvalue weighted by atomic mass is 16.5. The second-order valence-electron chi connectivity index (χ2n) is 9.40. The number of aromatic nitrogens is 3. The Morgan fingerprint density at radius 2 is 1.93 bits per heavy atom. The van der Waals surface area contributed by atoms with Crippen molar-refractivity contribution in [2.24, 2.45) is 17.8 Å². The van der Waals surface area contributed by atoms with Crippen molar-refractivity contribution < 1.29 is 14.3 Å². The van der Waals surface area contributed by atoms with Crippen LogP contribution in [0.5, 0.6) is 0 Å². The second-order valence-corrected chi connectivity index (χ2v) is 9.40. The monoisotopic (exact) mass is 417 g/mol. The Labute approximate surface area is 178 Å². The third-order valence-electron chi connectivity index (χ3n) is 6.89. The number of nitrogens with zero attached hydrogens (tertiary/aromatic N) is 4. The zero-order chi connectivity index (χ0) is 21.1. The topological polar surface area (TPSA) is 89.3 Å². The van der Waals surface area contributed by atoms with Crippen LogP contribution in [0.2, 0.25) is 0 Å². The van der Waals surface area contributed by atoms with Gasteiger partial charge in [-0.15, -0.1) is 10.2 Å². The van der Waals surface area contributed by atoms with Gasteiger partial charge in [0, 0.05) is 39.1 Å². The van der Waals surface area contributed by atoms with Crippen molar-refractivity contribution in [3.8, 4) is 0 Å². The number of amides is 2. The van der Waals surface area contributed by atoms with Crippen molar-refractivity contribution in [1.29, 1.82) is 0 Å². The molecule has 1 N–H and O–H groups in total. The largest absolute Gasteiger partial charge is 0.381 e. The number of carbonyl (C=O) groups is 2. The summed E-state index contributed by atoms with van der Waals surface area (Å²) >= 11 is 0. The SMILES string of the molecule is CC(C)[C@@H](NC(=O)[C@H]1CCOC1)c1nnc2n1CCN(C(=O)CC1CCCC1)CC2. The van der Waals surface area contributed by atoms with Crippen LogP contribution in [-0.4, -0.2) is 57.8 Å². The normalized spacial score (nSPS) is 23.4. The van der Waals surface area contributed by atoms with Crippen LogP contribution in [0, 0.1) is 17.8 Å². The molecule has 1 aliphatic carbocycles. The minimum atomic E-state index is -0.194. The molecule has 0 unspecified atom stereocenters. The molecule has 3 aliphatic rings. The van der Waals surface area contributed by atoms with Crippen LogP contribution in [0.15, 0.2) is 0 Å². The Bertz CT molecular complexity index is 750. The summed E-state index contributed by atoms with van der Waals surface area (Å²) in [7, 11) is 0. The van der Waals surface area contributed by atoms with E-state index < -0.39 is 0 Å². The smallest absolute Gasteiger partial charge is 0.226 e. The first-order chi connectivity index (χ1) is 14.5. The molecule has 3 heterocycles. The minimum absolute atomic E-state index is 0.0329. The standard InChI is InChI=1S/C22H35N5O3/c1-15(2)20(23-22(29)17-8-12-30-14-17)21-25-24-18-7-9-26(10-11-27(18)21)19(28)13-16-5-3-4-6-16/h15-17,20H,3-14H2,1-2H3,(H,23,29)/t17-,20+/m0/s1. The maximum Gasteiger partial charge on any atom is 0.226 e. The molecule has 2 aliphatic heterocycles. The highest BCUT2D eigenvalue weighted by Crippen LogP contribution is 2.29. The highest BCUT2D eigenvalue weighted by molar-refractivity contribution is 5.79. The van der Waals surface area contributed by atoms with Crippen molar-refractivity contribution in [2.75, 3.05) is 26.3 Å². The summed E-state index contributed by atoms with van der Waals surface area (Å²) in [5, 5.41) is 12.1. The minimum Gasteiger partial charge on any atom is -0.381 e. The molecule has 0 bridgehead atoms. The fraction of sp³-hybridized carbons (Fsp3) is 0.818. The summed E-state index contributed by atoms with van der Waals surface area (Å²) < 4.78 is 7.49. The van der Waals surface area contributed by atoms with Crippen molar-refractivity contribution in [2.45, 2.75) is 71.4 Å². The first-order valence-corrected chi connectivity index (χ1v) is 11.6. The predicted octanol–water partition coefficient (Wildman–Crippen LogP) is 2.09. The summed E-state index contributed by atoms with van der Waals surface area (Å²) in [6.45, 7) is 7.38. The fourth-order valence-corrected chi connectivity index (χ4v) is 4.96. The van der Waals surface area contributed by atoms with E-state index in [0.29, 0.717) is 51.6 Å². The van der Waals surface area contributed by atoms with Crippen LogP contribution in [0.3, 0.4) is 0 Å². The summed E-state index contributed by atoms with van der Waals surface area (Å²) in [5.74, 6) is 2.69. The van der Waals surface area contributed by atoms with Gasteiger partial charge in [-0.2, -0.15) is 0 Å². The maximum atomic E-state index is 12.8. The summed E-state index contributed by atoms with van der Waals surface area (Å²) in [6, 6.07) is -0.194. The van der Waals surface area contributed by atoms with Crippen molar-refractivity contribution in [3.05, 3.63) is 11.6 Å². The number of fused-ring (bicyclic) bond motifs is 1. The van der Waals surface area contributed by atoms with Crippen LogP contribution in [0.1, 0.15) is 70.1 Å². The number of hydrogen-bond acceptors (Lipinski definition) is 5. The van der Waals surface area contributed by atoms with Crippen LogP contribution >= 0.6 is 0 Å². The third kappa shape index (κ3) is 4.68. The Kier molecular flexibility index (Phi) is 6.71. The van der Waals surface area contributed by atoms with Gasteiger partial charge in [0.25, 0.3) is 0 Å². The van der Waals surface area contributed by atoms with E-state index in [2.05, 4.69) is 33.9 Å². The van der Waals surface area contributed by atoms with Gasteiger partial charge in [-0.1, -0.05) is 26.7 Å². The number of ether oxygens (including phenoxy) is 1. The molecule has 1 aromatic heterocycles. The van der Waals surface area contributed by atoms with E-state index in [9.17, 15) is 9.59 Å². The average molecular weight is 418 g/mol. The van der Waals surface area contributed by atoms with Gasteiger partial charge in [0.15, 0.2) is 5.82 Å². The molecule has 166 valence electrons. The lowest BCUT2D eigenvalue weighted by molar-refractivity contribution is -0.132. The molecule has 2 amide bonds. The molecule has 0 radical (unpaired) electrons. The van der Waals surface area contributed by atoms with Crippen molar-refractivity contribution in [1.82, 2.24) is 25.0 Å². The lowest BCUT2D eigenvalue weighted by atomic mass is 10.0. The fourth-order valence-electron chi connectivity index (χ4n) is 4.96. The summed E-state index contributed by atoms with van der Waals surface area (Å²) in [6.07, 6.45) is 7.07. The van der Waals surface area contributed by atoms with Crippen LogP contribution in [-0.2, 0) is 27.3 Å². The van der Waals surface area contributed by atoms with E-state index in [1.807, 2.05) is 4.90 Å². The van der Waals surface area contributed by atoms with Gasteiger partial charge in [-0.05, 0) is 31.1 Å². The number of rotatable bonds is 6. The Hall–Kier alpha value is -1.96. The zero-order valence-corrected chi connectivity index (χ0v) is 18.3. The van der Waals surface area contributed by atoms with Crippen molar-refractivity contribution >= 4 is 11.8 Å². The number of nitrogens with one attached hydrogen (secondary N) is 1. The lowest BCUT2D eigenvalue weighted by Gasteiger charge is -2.25. The van der Waals surface area contributed by atoms with Crippen molar-refractivity contribution in [3.63, 3.8) is 0 Å². The molecule has 0 spiro atoms. The molecule has 1 aromatic rings. The van der Waals surface area contributed by atoms with E-state index in [-0.39, 0.29) is 29.7 Å². The summed E-state index contributed by atoms with van der Waals surface area (Å²) in [5.41, 5.74) is 0. The molecular weight excluding hydrogens is 382 g/mol. The molecule has 2 atom stereocenters. The molecule has 30 heavy (non-hydrogen) atoms. The molecule has 8 heteroatoms. The number of hydrogen-bond donors (Lipinski definition) is 1. The van der Waals surface area contributed by atoms with E-state index in [4.69, 9.17) is 4.74 Å². The second kappa shape index (κ2) is 9.45. The van der Waals surface area contributed by atoms with Crippen LogP contribution < -0.4 is 5.32 Å². The van der Waals surface area contributed by atoms with Gasteiger partial charge in [0.1, 0.15) is 5.82 Å². The molecular formula is C22H35N5O3. The van der Waals surface area contributed by atoms with Crippen LogP contribution in [0.25, 0.3) is 0 Å². The van der Waals surface area contributed by atoms with Crippen LogP contribution in [0.4, 0.5) is 0 Å².